The van der Waals surface area contributed by atoms with Crippen molar-refractivity contribution in [2.24, 2.45) is 0 Å². The molecule has 0 saturated carbocycles. The fraction of sp³-hybridized carbons (Fsp3) is 0.368. The molecular formula is C19H19F3N2O2. The van der Waals surface area contributed by atoms with Crippen LogP contribution >= 0.6 is 0 Å². The first-order chi connectivity index (χ1) is 12.5. The number of rotatable bonds is 3. The second kappa shape index (κ2) is 6.81. The van der Waals surface area contributed by atoms with Gasteiger partial charge in [0.2, 0.25) is 6.79 Å². The lowest BCUT2D eigenvalue weighted by Crippen LogP contribution is -2.45. The van der Waals surface area contributed by atoms with Crippen LogP contribution in [-0.2, 0) is 6.18 Å². The summed E-state index contributed by atoms with van der Waals surface area (Å²) in [5, 5.41) is 3.28. The molecule has 0 aliphatic carbocycles. The molecule has 4 rings (SSSR count). The molecule has 2 heterocycles. The van der Waals surface area contributed by atoms with Crippen molar-refractivity contribution in [3.05, 3.63) is 59.2 Å². The Morgan fingerprint density at radius 3 is 2.42 bits per heavy atom. The molecule has 1 atom stereocenters. The first-order valence-electron chi connectivity index (χ1n) is 8.54. The molecule has 0 aromatic heterocycles. The Kier molecular flexibility index (Phi) is 4.50. The van der Waals surface area contributed by atoms with Crippen LogP contribution in [0.2, 0.25) is 0 Å². The van der Waals surface area contributed by atoms with Gasteiger partial charge in [-0.25, -0.2) is 0 Å². The van der Waals surface area contributed by atoms with Crippen LogP contribution in [0.1, 0.15) is 22.7 Å². The summed E-state index contributed by atoms with van der Waals surface area (Å²) in [5.41, 5.74) is 0.895. The van der Waals surface area contributed by atoms with Gasteiger partial charge in [-0.05, 0) is 35.4 Å². The van der Waals surface area contributed by atoms with Gasteiger partial charge in [0.1, 0.15) is 0 Å². The highest BCUT2D eigenvalue weighted by Gasteiger charge is 2.32. The average molecular weight is 364 g/mol. The van der Waals surface area contributed by atoms with Crippen LogP contribution < -0.4 is 14.8 Å². The third-order valence-corrected chi connectivity index (χ3v) is 4.76. The van der Waals surface area contributed by atoms with Gasteiger partial charge in [0.15, 0.2) is 11.5 Å². The van der Waals surface area contributed by atoms with Gasteiger partial charge in [-0.1, -0.05) is 18.2 Å². The van der Waals surface area contributed by atoms with Crippen molar-refractivity contribution in [2.75, 3.05) is 33.0 Å². The van der Waals surface area contributed by atoms with Crippen molar-refractivity contribution < 1.29 is 22.6 Å². The molecule has 138 valence electrons. The minimum absolute atomic E-state index is 0.167. The summed E-state index contributed by atoms with van der Waals surface area (Å²) >= 11 is 0. The summed E-state index contributed by atoms with van der Waals surface area (Å²) in [5.74, 6) is 1.30. The molecule has 1 saturated heterocycles. The molecule has 0 radical (unpaired) electrons. The van der Waals surface area contributed by atoms with E-state index in [1.54, 1.807) is 6.07 Å². The Balaban J connectivity index is 1.76. The average Bonchev–Trinajstić information content (AvgIpc) is 3.10. The summed E-state index contributed by atoms with van der Waals surface area (Å²) in [6.45, 7) is 3.30. The van der Waals surface area contributed by atoms with Gasteiger partial charge in [0.25, 0.3) is 0 Å². The van der Waals surface area contributed by atoms with E-state index in [0.29, 0.717) is 17.1 Å². The van der Waals surface area contributed by atoms with E-state index in [4.69, 9.17) is 9.47 Å². The van der Waals surface area contributed by atoms with Gasteiger partial charge in [-0.2, -0.15) is 13.2 Å². The number of fused-ring (bicyclic) bond motifs is 1. The van der Waals surface area contributed by atoms with Gasteiger partial charge < -0.3 is 14.8 Å². The van der Waals surface area contributed by atoms with Crippen LogP contribution in [0.4, 0.5) is 13.2 Å². The second-order valence-electron chi connectivity index (χ2n) is 6.42. The lowest BCUT2D eigenvalue weighted by molar-refractivity contribution is -0.137. The number of hydrogen-bond acceptors (Lipinski definition) is 4. The monoisotopic (exact) mass is 364 g/mol. The largest absolute Gasteiger partial charge is 0.454 e. The Morgan fingerprint density at radius 1 is 0.923 bits per heavy atom. The number of benzene rings is 2. The van der Waals surface area contributed by atoms with E-state index in [2.05, 4.69) is 10.2 Å². The van der Waals surface area contributed by atoms with Crippen LogP contribution in [0.15, 0.2) is 42.5 Å². The molecule has 1 unspecified atom stereocenters. The van der Waals surface area contributed by atoms with Crippen molar-refractivity contribution in [3.63, 3.8) is 0 Å². The molecule has 7 heteroatoms. The number of piperazine rings is 1. The van der Waals surface area contributed by atoms with Crippen molar-refractivity contribution in [1.29, 1.82) is 0 Å². The number of nitrogens with one attached hydrogen (secondary N) is 1. The number of nitrogens with zero attached hydrogens (tertiary/aromatic N) is 1. The Labute approximate surface area is 149 Å². The van der Waals surface area contributed by atoms with Crippen molar-refractivity contribution in [3.8, 4) is 11.5 Å². The van der Waals surface area contributed by atoms with E-state index in [1.165, 1.54) is 12.1 Å². The Morgan fingerprint density at radius 2 is 1.65 bits per heavy atom. The number of halogens is 3. The van der Waals surface area contributed by atoms with Crippen LogP contribution in [0.5, 0.6) is 11.5 Å². The van der Waals surface area contributed by atoms with E-state index in [0.717, 1.165) is 37.8 Å². The Hall–Kier alpha value is -2.25. The highest BCUT2D eigenvalue weighted by atomic mass is 19.4. The predicted octanol–water partition coefficient (Wildman–Crippen LogP) is 3.43. The smallest absolute Gasteiger partial charge is 0.416 e. The highest BCUT2D eigenvalue weighted by molar-refractivity contribution is 5.47. The molecule has 0 spiro atoms. The van der Waals surface area contributed by atoms with E-state index in [1.807, 2.05) is 18.2 Å². The highest BCUT2D eigenvalue weighted by Crippen LogP contribution is 2.39. The molecule has 0 amide bonds. The Bertz CT molecular complexity index is 789. The second-order valence-corrected chi connectivity index (χ2v) is 6.42. The molecule has 26 heavy (non-hydrogen) atoms. The zero-order valence-electron chi connectivity index (χ0n) is 14.1. The number of alkyl halides is 3. The molecule has 0 bridgehead atoms. The molecule has 2 aliphatic heterocycles. The summed E-state index contributed by atoms with van der Waals surface area (Å²) < 4.78 is 50.4. The van der Waals surface area contributed by atoms with Gasteiger partial charge in [0, 0.05) is 26.2 Å². The zero-order chi connectivity index (χ0) is 18.1. The summed E-state index contributed by atoms with van der Waals surface area (Å²) in [6, 6.07) is 10.9. The third kappa shape index (κ3) is 3.37. The number of ether oxygens (including phenoxy) is 2. The van der Waals surface area contributed by atoms with Crippen LogP contribution in [0.3, 0.4) is 0 Å². The maximum atomic E-state index is 13.2. The summed E-state index contributed by atoms with van der Waals surface area (Å²) in [4.78, 5) is 2.20. The van der Waals surface area contributed by atoms with Gasteiger partial charge >= 0.3 is 6.18 Å². The zero-order valence-corrected chi connectivity index (χ0v) is 14.1. The number of hydrogen-bond donors (Lipinski definition) is 1. The maximum absolute atomic E-state index is 13.2. The van der Waals surface area contributed by atoms with E-state index < -0.39 is 11.7 Å². The molecule has 1 N–H and O–H groups in total. The molecule has 1 fully saturated rings. The molecule has 2 aliphatic rings. The van der Waals surface area contributed by atoms with Crippen LogP contribution in [0.25, 0.3) is 0 Å². The standard InChI is InChI=1S/C19H19F3N2O2/c20-19(21,22)15-3-1-2-13(10-15)18(24-8-6-23-7-9-24)14-4-5-16-17(11-14)26-12-25-16/h1-5,10-11,18,23H,6-9,12H2. The maximum Gasteiger partial charge on any atom is 0.416 e. The first-order valence-corrected chi connectivity index (χ1v) is 8.54. The molecule has 2 aromatic rings. The van der Waals surface area contributed by atoms with Crippen molar-refractivity contribution in [2.45, 2.75) is 12.2 Å². The summed E-state index contributed by atoms with van der Waals surface area (Å²) in [7, 11) is 0. The fourth-order valence-electron chi connectivity index (χ4n) is 3.52. The van der Waals surface area contributed by atoms with E-state index in [9.17, 15) is 13.2 Å². The van der Waals surface area contributed by atoms with E-state index >= 15 is 0 Å². The van der Waals surface area contributed by atoms with Crippen LogP contribution in [0, 0.1) is 0 Å². The lowest BCUT2D eigenvalue weighted by Gasteiger charge is -2.36. The third-order valence-electron chi connectivity index (χ3n) is 4.76. The van der Waals surface area contributed by atoms with Gasteiger partial charge in [-0.3, -0.25) is 4.90 Å². The van der Waals surface area contributed by atoms with Gasteiger partial charge in [-0.15, -0.1) is 0 Å². The molecular weight excluding hydrogens is 345 g/mol. The first kappa shape index (κ1) is 17.2. The topological polar surface area (TPSA) is 33.7 Å². The SMILES string of the molecule is FC(F)(F)c1cccc(C(c2ccc3c(c2)OCO3)N2CCNCC2)c1. The van der Waals surface area contributed by atoms with E-state index in [-0.39, 0.29) is 12.8 Å². The van der Waals surface area contributed by atoms with Gasteiger partial charge in [0.05, 0.1) is 11.6 Å². The minimum atomic E-state index is -4.36. The predicted molar refractivity (Wildman–Crippen MR) is 90.3 cm³/mol. The molecule has 2 aromatic carbocycles. The van der Waals surface area contributed by atoms with Crippen molar-refractivity contribution >= 4 is 0 Å². The molecule has 4 nitrogen and oxygen atoms in total. The lowest BCUT2D eigenvalue weighted by atomic mass is 9.94. The summed E-state index contributed by atoms with van der Waals surface area (Å²) in [6.07, 6.45) is -4.36. The fourth-order valence-corrected chi connectivity index (χ4v) is 3.52. The van der Waals surface area contributed by atoms with Crippen molar-refractivity contribution in [1.82, 2.24) is 10.2 Å². The quantitative estimate of drug-likeness (QED) is 0.905. The van der Waals surface area contributed by atoms with Crippen LogP contribution in [-0.4, -0.2) is 37.9 Å². The normalized spacial score (nSPS) is 18.7. The minimum Gasteiger partial charge on any atom is -0.454 e.